The molecule has 0 spiro atoms. The Morgan fingerprint density at radius 1 is 1.15 bits per heavy atom. The van der Waals surface area contributed by atoms with Gasteiger partial charge in [-0.2, -0.15) is 0 Å². The van der Waals surface area contributed by atoms with Gasteiger partial charge < -0.3 is 24.9 Å². The first-order chi connectivity index (χ1) is 16.5. The monoisotopic (exact) mass is 460 g/mol. The second-order valence-electron chi connectivity index (χ2n) is 8.37. The summed E-state index contributed by atoms with van der Waals surface area (Å²) in [5, 5.41) is 10.2. The molecule has 3 aromatic carbocycles. The van der Waals surface area contributed by atoms with Crippen molar-refractivity contribution in [3.8, 4) is 16.9 Å². The number of carboxylic acids is 1. The molecule has 1 aromatic heterocycles. The van der Waals surface area contributed by atoms with Crippen LogP contribution in [-0.4, -0.2) is 24.2 Å². The van der Waals surface area contributed by atoms with E-state index < -0.39 is 5.97 Å². The zero-order chi connectivity index (χ0) is 23.8. The fourth-order valence-corrected chi connectivity index (χ4v) is 4.65. The number of furan rings is 1. The highest BCUT2D eigenvalue weighted by Gasteiger charge is 2.29. The number of halogens is 1. The van der Waals surface area contributed by atoms with Gasteiger partial charge in [-0.15, -0.1) is 0 Å². The summed E-state index contributed by atoms with van der Waals surface area (Å²) >= 11 is 0. The quantitative estimate of drug-likeness (QED) is 0.407. The van der Waals surface area contributed by atoms with Crippen LogP contribution in [0.2, 0.25) is 0 Å². The molecule has 6 nitrogen and oxygen atoms in total. The Bertz CT molecular complexity index is 1380. The summed E-state index contributed by atoms with van der Waals surface area (Å²) in [6, 6.07) is 16.5. The van der Waals surface area contributed by atoms with Gasteiger partial charge in [-0.05, 0) is 36.8 Å². The number of rotatable bonds is 6. The number of hydrogen-bond acceptors (Lipinski definition) is 5. The summed E-state index contributed by atoms with van der Waals surface area (Å²) < 4.78 is 27.4. The van der Waals surface area contributed by atoms with E-state index in [4.69, 9.17) is 14.9 Å². The second-order valence-corrected chi connectivity index (χ2v) is 8.37. The Hall–Kier alpha value is -3.84. The number of benzene rings is 3. The molecule has 0 fully saturated rings. The largest absolute Gasteiger partial charge is 0.481 e. The smallest absolute Gasteiger partial charge is 0.307 e. The summed E-state index contributed by atoms with van der Waals surface area (Å²) in [5.41, 5.74) is 10.2. The molecule has 3 N–H and O–H groups in total. The van der Waals surface area contributed by atoms with Crippen molar-refractivity contribution in [3.63, 3.8) is 0 Å². The molecular weight excluding hydrogens is 435 g/mol. The van der Waals surface area contributed by atoms with Crippen molar-refractivity contribution in [1.29, 1.82) is 0 Å². The number of nitrogens with zero attached hydrogens (tertiary/aromatic N) is 1. The normalized spacial score (nSPS) is 15.3. The van der Waals surface area contributed by atoms with Crippen molar-refractivity contribution in [1.82, 2.24) is 0 Å². The molecule has 4 aromatic rings. The molecule has 1 aliphatic rings. The predicted octanol–water partition coefficient (Wildman–Crippen LogP) is 5.28. The minimum Gasteiger partial charge on any atom is -0.481 e. The zero-order valence-electron chi connectivity index (χ0n) is 18.8. The minimum absolute atomic E-state index is 0.0982. The number of anilines is 1. The molecule has 1 aliphatic heterocycles. The molecule has 0 radical (unpaired) electrons. The van der Waals surface area contributed by atoms with Crippen LogP contribution in [0.5, 0.6) is 5.75 Å². The molecule has 7 heteroatoms. The van der Waals surface area contributed by atoms with E-state index in [0.717, 1.165) is 23.2 Å². The molecule has 34 heavy (non-hydrogen) atoms. The molecule has 0 aliphatic carbocycles. The molecule has 5 rings (SSSR count). The van der Waals surface area contributed by atoms with E-state index in [0.29, 0.717) is 40.1 Å². The van der Waals surface area contributed by atoms with Gasteiger partial charge in [0.2, 0.25) is 0 Å². The summed E-state index contributed by atoms with van der Waals surface area (Å²) in [5.74, 6) is -0.707. The molecule has 0 bridgehead atoms. The third-order valence-electron chi connectivity index (χ3n) is 6.32. The lowest BCUT2D eigenvalue weighted by Crippen LogP contribution is -2.35. The molecular formula is C27H25FN2O4. The summed E-state index contributed by atoms with van der Waals surface area (Å²) in [6.07, 6.45) is 1.08. The molecule has 0 saturated carbocycles. The third kappa shape index (κ3) is 3.78. The average Bonchev–Trinajstić information content (AvgIpc) is 3.32. The minimum atomic E-state index is -0.917. The number of likely N-dealkylation sites (N-methyl/N-ethyl adjacent to an activating group) is 1. The first kappa shape index (κ1) is 22.0. The van der Waals surface area contributed by atoms with Crippen LogP contribution in [0, 0.1) is 5.82 Å². The topological polar surface area (TPSA) is 88.9 Å². The number of fused-ring (bicyclic) bond motifs is 2. The van der Waals surface area contributed by atoms with Crippen molar-refractivity contribution in [3.05, 3.63) is 83.4 Å². The van der Waals surface area contributed by atoms with Gasteiger partial charge in [-0.3, -0.25) is 4.79 Å². The lowest BCUT2D eigenvalue weighted by atomic mass is 9.95. The van der Waals surface area contributed by atoms with Crippen LogP contribution >= 0.6 is 0 Å². The van der Waals surface area contributed by atoms with E-state index in [9.17, 15) is 9.90 Å². The number of para-hydroxylation sites is 1. The third-order valence-corrected chi connectivity index (χ3v) is 6.32. The SMILES string of the molecule is CCN1CC(c2cc(-c3cccc(CN)c3F)c3occc3c2)Oc2c(CC(=O)O)cccc21. The van der Waals surface area contributed by atoms with Crippen LogP contribution in [-0.2, 0) is 17.8 Å². The van der Waals surface area contributed by atoms with E-state index >= 15 is 4.39 Å². The number of hydrogen-bond donors (Lipinski definition) is 2. The van der Waals surface area contributed by atoms with Crippen molar-refractivity contribution in [2.45, 2.75) is 26.0 Å². The van der Waals surface area contributed by atoms with Crippen LogP contribution in [0.4, 0.5) is 10.1 Å². The van der Waals surface area contributed by atoms with Gasteiger partial charge in [0.15, 0.2) is 0 Å². The highest BCUT2D eigenvalue weighted by atomic mass is 19.1. The van der Waals surface area contributed by atoms with Gasteiger partial charge in [-0.1, -0.05) is 30.3 Å². The number of carbonyl (C=O) groups is 1. The van der Waals surface area contributed by atoms with E-state index in [2.05, 4.69) is 11.8 Å². The summed E-state index contributed by atoms with van der Waals surface area (Å²) in [6.45, 7) is 3.46. The number of nitrogens with two attached hydrogens (primary N) is 1. The van der Waals surface area contributed by atoms with E-state index in [1.54, 1.807) is 30.5 Å². The van der Waals surface area contributed by atoms with Gasteiger partial charge in [0.05, 0.1) is 24.9 Å². The van der Waals surface area contributed by atoms with Gasteiger partial charge in [0.25, 0.3) is 0 Å². The van der Waals surface area contributed by atoms with Gasteiger partial charge >= 0.3 is 5.97 Å². The Labute approximate surface area is 196 Å². The van der Waals surface area contributed by atoms with Crippen molar-refractivity contribution >= 4 is 22.6 Å². The van der Waals surface area contributed by atoms with Crippen LogP contribution in [0.15, 0.2) is 65.3 Å². The van der Waals surface area contributed by atoms with Crippen LogP contribution < -0.4 is 15.4 Å². The average molecular weight is 461 g/mol. The second kappa shape index (κ2) is 8.83. The Balaban J connectivity index is 1.63. The standard InChI is InChI=1S/C27H25FN2O4/c1-2-30-15-23(34-27-16(13-24(31)32)5-4-8-22(27)30)19-11-17-9-10-33-26(17)21(12-19)20-7-3-6-18(14-29)25(20)28/h3-12,23H,2,13-15,29H2,1H3,(H,31,32). The van der Waals surface area contributed by atoms with Gasteiger partial charge in [0.1, 0.15) is 23.3 Å². The first-order valence-electron chi connectivity index (χ1n) is 11.2. The molecule has 0 saturated heterocycles. The number of carboxylic acid groups (broad SMARTS) is 1. The van der Waals surface area contributed by atoms with E-state index in [1.165, 1.54) is 0 Å². The molecule has 174 valence electrons. The summed E-state index contributed by atoms with van der Waals surface area (Å²) in [4.78, 5) is 13.6. The highest BCUT2D eigenvalue weighted by molar-refractivity contribution is 5.93. The van der Waals surface area contributed by atoms with Crippen molar-refractivity contribution < 1.29 is 23.4 Å². The van der Waals surface area contributed by atoms with E-state index in [1.807, 2.05) is 30.3 Å². The molecule has 2 heterocycles. The molecule has 1 atom stereocenters. The fraction of sp³-hybridized carbons (Fsp3) is 0.222. The summed E-state index contributed by atoms with van der Waals surface area (Å²) in [7, 11) is 0. The molecule has 0 amide bonds. The predicted molar refractivity (Wildman–Crippen MR) is 129 cm³/mol. The van der Waals surface area contributed by atoms with Crippen molar-refractivity contribution in [2.24, 2.45) is 5.73 Å². The lowest BCUT2D eigenvalue weighted by molar-refractivity contribution is -0.136. The van der Waals surface area contributed by atoms with Crippen molar-refractivity contribution in [2.75, 3.05) is 18.0 Å². The Morgan fingerprint density at radius 2 is 1.94 bits per heavy atom. The number of aliphatic carboxylic acids is 1. The maximum absolute atomic E-state index is 15.2. The zero-order valence-corrected chi connectivity index (χ0v) is 18.8. The van der Waals surface area contributed by atoms with Crippen LogP contribution in [0.3, 0.4) is 0 Å². The van der Waals surface area contributed by atoms with Crippen LogP contribution in [0.1, 0.15) is 29.7 Å². The maximum atomic E-state index is 15.2. The van der Waals surface area contributed by atoms with Gasteiger partial charge in [0, 0.05) is 40.7 Å². The fourth-order valence-electron chi connectivity index (χ4n) is 4.65. The Kier molecular flexibility index (Phi) is 5.71. The van der Waals surface area contributed by atoms with E-state index in [-0.39, 0.29) is 24.9 Å². The molecule has 1 unspecified atom stereocenters. The number of ether oxygens (including phenoxy) is 1. The highest BCUT2D eigenvalue weighted by Crippen LogP contribution is 2.43. The first-order valence-corrected chi connectivity index (χ1v) is 11.2. The maximum Gasteiger partial charge on any atom is 0.307 e. The van der Waals surface area contributed by atoms with Crippen LogP contribution in [0.25, 0.3) is 22.1 Å². The Morgan fingerprint density at radius 3 is 2.71 bits per heavy atom. The van der Waals surface area contributed by atoms with Gasteiger partial charge in [-0.25, -0.2) is 4.39 Å². The lowest BCUT2D eigenvalue weighted by Gasteiger charge is -2.37.